The van der Waals surface area contributed by atoms with Crippen molar-refractivity contribution in [1.29, 1.82) is 0 Å². The summed E-state index contributed by atoms with van der Waals surface area (Å²) in [4.78, 5) is 13.6. The third-order valence-electron chi connectivity index (χ3n) is 3.29. The number of carbonyl (C=O) groups excluding carboxylic acids is 1. The van der Waals surface area contributed by atoms with Crippen molar-refractivity contribution >= 4 is 16.2 Å². The number of rotatable bonds is 5. The van der Waals surface area contributed by atoms with Gasteiger partial charge in [-0.3, -0.25) is 4.18 Å². The van der Waals surface area contributed by atoms with Crippen molar-refractivity contribution in [3.8, 4) is 0 Å². The highest BCUT2D eigenvalue weighted by molar-refractivity contribution is 7.85. The highest BCUT2D eigenvalue weighted by atomic mass is 32.2. The van der Waals surface area contributed by atoms with Crippen molar-refractivity contribution < 1.29 is 22.1 Å². The van der Waals surface area contributed by atoms with Crippen molar-refractivity contribution in [3.05, 3.63) is 35.9 Å². The van der Waals surface area contributed by atoms with Gasteiger partial charge in [-0.15, -0.1) is 0 Å². The Morgan fingerprint density at radius 2 is 2.05 bits per heavy atom. The van der Waals surface area contributed by atoms with E-state index in [1.165, 1.54) is 4.90 Å². The van der Waals surface area contributed by atoms with E-state index in [4.69, 9.17) is 8.92 Å². The fourth-order valence-corrected chi connectivity index (χ4v) is 2.66. The summed E-state index contributed by atoms with van der Waals surface area (Å²) >= 11 is 0. The molecule has 0 saturated carbocycles. The van der Waals surface area contributed by atoms with Crippen molar-refractivity contribution in [2.75, 3.05) is 19.4 Å². The van der Waals surface area contributed by atoms with Crippen LogP contribution in [-0.4, -0.2) is 44.9 Å². The first-order chi connectivity index (χ1) is 9.96. The SMILES string of the molecule is CS(=O)(=O)OC[C@@H]1CCCN1C(=O)OCc1ccccc1. The molecular weight excluding hydrogens is 294 g/mol. The smallest absolute Gasteiger partial charge is 0.410 e. The van der Waals surface area contributed by atoms with Crippen molar-refractivity contribution in [1.82, 2.24) is 4.90 Å². The van der Waals surface area contributed by atoms with Crippen LogP contribution in [0.1, 0.15) is 18.4 Å². The summed E-state index contributed by atoms with van der Waals surface area (Å²) in [5, 5.41) is 0. The zero-order valence-corrected chi connectivity index (χ0v) is 12.7. The molecule has 1 heterocycles. The Balaban J connectivity index is 1.86. The largest absolute Gasteiger partial charge is 0.445 e. The Hall–Kier alpha value is -1.60. The Morgan fingerprint density at radius 1 is 1.33 bits per heavy atom. The maximum atomic E-state index is 12.1. The third kappa shape index (κ3) is 5.02. The van der Waals surface area contributed by atoms with Crippen LogP contribution in [0.3, 0.4) is 0 Å². The summed E-state index contributed by atoms with van der Waals surface area (Å²) < 4.78 is 32.1. The molecule has 0 N–H and O–H groups in total. The molecule has 1 aliphatic heterocycles. The summed E-state index contributed by atoms with van der Waals surface area (Å²) in [6, 6.07) is 9.15. The molecule has 0 unspecified atom stereocenters. The molecule has 21 heavy (non-hydrogen) atoms. The van der Waals surface area contributed by atoms with Crippen LogP contribution in [0.5, 0.6) is 0 Å². The van der Waals surface area contributed by atoms with Crippen LogP contribution >= 0.6 is 0 Å². The Labute approximate surface area is 124 Å². The van der Waals surface area contributed by atoms with Crippen molar-refractivity contribution in [3.63, 3.8) is 0 Å². The van der Waals surface area contributed by atoms with Gasteiger partial charge in [0.15, 0.2) is 0 Å². The Bertz CT molecular complexity index is 572. The molecule has 1 amide bonds. The second-order valence-electron chi connectivity index (χ2n) is 5.02. The summed E-state index contributed by atoms with van der Waals surface area (Å²) in [6.07, 6.45) is 2.10. The lowest BCUT2D eigenvalue weighted by molar-refractivity contribution is 0.0830. The average Bonchev–Trinajstić information content (AvgIpc) is 2.91. The summed E-state index contributed by atoms with van der Waals surface area (Å²) in [5.74, 6) is 0. The predicted octanol–water partition coefficient (Wildman–Crippen LogP) is 1.76. The van der Waals surface area contributed by atoms with Crippen LogP contribution in [0, 0.1) is 0 Å². The van der Waals surface area contributed by atoms with Gasteiger partial charge in [-0.2, -0.15) is 8.42 Å². The third-order valence-corrected chi connectivity index (χ3v) is 3.86. The lowest BCUT2D eigenvalue weighted by Gasteiger charge is -2.23. The number of hydrogen-bond acceptors (Lipinski definition) is 5. The molecule has 1 aromatic carbocycles. The molecule has 0 aliphatic carbocycles. The van der Waals surface area contributed by atoms with E-state index >= 15 is 0 Å². The van der Waals surface area contributed by atoms with Gasteiger partial charge >= 0.3 is 6.09 Å². The van der Waals surface area contributed by atoms with E-state index in [0.29, 0.717) is 6.54 Å². The first kappa shape index (κ1) is 15.8. The average molecular weight is 313 g/mol. The second kappa shape index (κ2) is 6.91. The number of benzene rings is 1. The number of hydrogen-bond donors (Lipinski definition) is 0. The van der Waals surface area contributed by atoms with Crippen molar-refractivity contribution in [2.45, 2.75) is 25.5 Å². The molecule has 7 heteroatoms. The van der Waals surface area contributed by atoms with Gasteiger partial charge in [-0.05, 0) is 18.4 Å². The Morgan fingerprint density at radius 3 is 2.71 bits per heavy atom. The zero-order valence-electron chi connectivity index (χ0n) is 11.9. The molecule has 116 valence electrons. The number of carbonyl (C=O) groups is 1. The van der Waals surface area contributed by atoms with E-state index in [-0.39, 0.29) is 19.3 Å². The van der Waals surface area contributed by atoms with Gasteiger partial charge in [0.1, 0.15) is 6.61 Å². The van der Waals surface area contributed by atoms with Gasteiger partial charge in [0.05, 0.1) is 18.9 Å². The molecule has 1 aliphatic rings. The molecule has 0 radical (unpaired) electrons. The van der Waals surface area contributed by atoms with Crippen LogP contribution in [0.4, 0.5) is 4.79 Å². The van der Waals surface area contributed by atoms with E-state index in [2.05, 4.69) is 0 Å². The van der Waals surface area contributed by atoms with Crippen LogP contribution < -0.4 is 0 Å². The minimum Gasteiger partial charge on any atom is -0.445 e. The van der Waals surface area contributed by atoms with Crippen LogP contribution in [0.25, 0.3) is 0 Å². The molecule has 2 rings (SSSR count). The van der Waals surface area contributed by atoms with E-state index in [1.54, 1.807) is 0 Å². The van der Waals surface area contributed by atoms with Crippen LogP contribution in [0.15, 0.2) is 30.3 Å². The molecule has 1 atom stereocenters. The minimum absolute atomic E-state index is 0.0146. The number of ether oxygens (including phenoxy) is 1. The minimum atomic E-state index is -3.49. The zero-order chi connectivity index (χ0) is 15.3. The first-order valence-corrected chi connectivity index (χ1v) is 8.59. The van der Waals surface area contributed by atoms with Gasteiger partial charge in [-0.1, -0.05) is 30.3 Å². The number of nitrogens with zero attached hydrogens (tertiary/aromatic N) is 1. The highest BCUT2D eigenvalue weighted by Crippen LogP contribution is 2.19. The first-order valence-electron chi connectivity index (χ1n) is 6.77. The highest BCUT2D eigenvalue weighted by Gasteiger charge is 2.30. The Kier molecular flexibility index (Phi) is 5.19. The molecular formula is C14H19NO5S. The van der Waals surface area contributed by atoms with E-state index < -0.39 is 16.2 Å². The van der Waals surface area contributed by atoms with Gasteiger partial charge in [0, 0.05) is 6.54 Å². The topological polar surface area (TPSA) is 72.9 Å². The quantitative estimate of drug-likeness (QED) is 0.775. The van der Waals surface area contributed by atoms with Crippen LogP contribution in [-0.2, 0) is 25.6 Å². The van der Waals surface area contributed by atoms with Gasteiger partial charge in [0.25, 0.3) is 10.1 Å². The normalized spacial score (nSPS) is 18.7. The monoisotopic (exact) mass is 313 g/mol. The van der Waals surface area contributed by atoms with Gasteiger partial charge in [-0.25, -0.2) is 4.79 Å². The fourth-order valence-electron chi connectivity index (χ4n) is 2.25. The molecule has 1 saturated heterocycles. The van der Waals surface area contributed by atoms with Gasteiger partial charge in [0.2, 0.25) is 0 Å². The molecule has 1 fully saturated rings. The van der Waals surface area contributed by atoms with Crippen LogP contribution in [0.2, 0.25) is 0 Å². The van der Waals surface area contributed by atoms with Gasteiger partial charge < -0.3 is 9.64 Å². The standard InChI is InChI=1S/C14H19NO5S/c1-21(17,18)20-11-13-8-5-9-15(13)14(16)19-10-12-6-3-2-4-7-12/h2-4,6-7,13H,5,8-11H2,1H3/t13-/m0/s1. The maximum absolute atomic E-state index is 12.1. The van der Waals surface area contributed by atoms with E-state index in [1.807, 2.05) is 30.3 Å². The summed E-state index contributed by atoms with van der Waals surface area (Å²) in [7, 11) is -3.49. The molecule has 6 nitrogen and oxygen atoms in total. The lowest BCUT2D eigenvalue weighted by atomic mass is 10.2. The maximum Gasteiger partial charge on any atom is 0.410 e. The lowest BCUT2D eigenvalue weighted by Crippen LogP contribution is -2.39. The predicted molar refractivity (Wildman–Crippen MR) is 77.2 cm³/mol. The number of likely N-dealkylation sites (tertiary alicyclic amines) is 1. The van der Waals surface area contributed by atoms with E-state index in [0.717, 1.165) is 24.7 Å². The molecule has 0 bridgehead atoms. The second-order valence-corrected chi connectivity index (χ2v) is 6.66. The summed E-state index contributed by atoms with van der Waals surface area (Å²) in [6.45, 7) is 0.751. The fraction of sp³-hybridized carbons (Fsp3) is 0.500. The van der Waals surface area contributed by atoms with Crippen molar-refractivity contribution in [2.24, 2.45) is 0 Å². The van der Waals surface area contributed by atoms with E-state index in [9.17, 15) is 13.2 Å². The molecule has 0 spiro atoms. The summed E-state index contributed by atoms with van der Waals surface area (Å²) in [5.41, 5.74) is 0.911. The number of amides is 1. The molecule has 0 aromatic heterocycles. The molecule has 1 aromatic rings.